The number of aromatic nitrogens is 1. The van der Waals surface area contributed by atoms with E-state index in [4.69, 9.17) is 9.47 Å². The Morgan fingerprint density at radius 3 is 2.35 bits per heavy atom. The van der Waals surface area contributed by atoms with Crippen molar-refractivity contribution in [2.45, 2.75) is 53.6 Å². The maximum Gasteiger partial charge on any atom is 0.514 e. The number of carbonyl (C=O) groups is 1. The van der Waals surface area contributed by atoms with Gasteiger partial charge < -0.3 is 9.47 Å². The molecule has 0 N–H and O–H groups in total. The van der Waals surface area contributed by atoms with Crippen LogP contribution < -0.4 is 4.74 Å². The van der Waals surface area contributed by atoms with Crippen LogP contribution in [0.3, 0.4) is 0 Å². The molecule has 1 aromatic heterocycles. The molecule has 0 saturated carbocycles. The molecule has 0 fully saturated rings. The molecule has 0 aliphatic rings. The number of ether oxygens (including phenoxy) is 2. The third-order valence-corrected chi connectivity index (χ3v) is 2.81. The normalized spacial score (nSPS) is 11.1. The number of pyridine rings is 1. The Morgan fingerprint density at radius 2 is 1.90 bits per heavy atom. The van der Waals surface area contributed by atoms with E-state index in [0.717, 1.165) is 28.9 Å². The van der Waals surface area contributed by atoms with Gasteiger partial charge in [0.15, 0.2) is 0 Å². The van der Waals surface area contributed by atoms with E-state index in [0.29, 0.717) is 5.75 Å². The second kappa shape index (κ2) is 6.07. The monoisotopic (exact) mass is 277 g/mol. The van der Waals surface area contributed by atoms with E-state index in [1.165, 1.54) is 0 Å². The van der Waals surface area contributed by atoms with E-state index in [2.05, 4.69) is 11.6 Å². The topological polar surface area (TPSA) is 48.4 Å². The lowest BCUT2D eigenvalue weighted by molar-refractivity contribution is 0.0203. The van der Waals surface area contributed by atoms with Crippen molar-refractivity contribution in [2.24, 2.45) is 0 Å². The molecule has 0 bridgehead atoms. The maximum atomic E-state index is 11.9. The van der Waals surface area contributed by atoms with Crippen LogP contribution in [0.5, 0.6) is 5.75 Å². The molecule has 0 aliphatic heterocycles. The van der Waals surface area contributed by atoms with Crippen molar-refractivity contribution in [1.29, 1.82) is 0 Å². The van der Waals surface area contributed by atoms with Gasteiger partial charge >= 0.3 is 6.16 Å². The largest absolute Gasteiger partial charge is 0.514 e. The zero-order chi connectivity index (χ0) is 15.5. The second-order valence-electron chi connectivity index (χ2n) is 5.63. The first-order valence-electron chi connectivity index (χ1n) is 6.73. The first-order valence-corrected chi connectivity index (χ1v) is 6.73. The molecule has 1 rings (SSSR count). The number of nitrogens with zero attached hydrogens (tertiary/aromatic N) is 1. The molecule has 1 aromatic rings. The van der Waals surface area contributed by atoms with Crippen molar-refractivity contribution < 1.29 is 14.3 Å². The minimum absolute atomic E-state index is 0.502. The Kier molecular flexibility index (Phi) is 4.93. The summed E-state index contributed by atoms with van der Waals surface area (Å²) in [6.45, 7) is 14.9. The highest BCUT2D eigenvalue weighted by Crippen LogP contribution is 2.30. The molecule has 0 aromatic carbocycles. The number of hydrogen-bond donors (Lipinski definition) is 0. The maximum absolute atomic E-state index is 11.9. The highest BCUT2D eigenvalue weighted by Gasteiger charge is 2.22. The van der Waals surface area contributed by atoms with Gasteiger partial charge in [-0.3, -0.25) is 4.98 Å². The molecule has 0 radical (unpaired) electrons. The predicted molar refractivity (Wildman–Crippen MR) is 80.0 cm³/mol. The third-order valence-electron chi connectivity index (χ3n) is 2.81. The smallest absolute Gasteiger partial charge is 0.428 e. The van der Waals surface area contributed by atoms with Crippen LogP contribution in [-0.4, -0.2) is 16.7 Å². The van der Waals surface area contributed by atoms with Gasteiger partial charge in [0.1, 0.15) is 11.4 Å². The number of carbonyl (C=O) groups excluding carboxylic acids is 1. The molecule has 1 heterocycles. The first kappa shape index (κ1) is 16.2. The lowest BCUT2D eigenvalue weighted by Crippen LogP contribution is -2.26. The zero-order valence-corrected chi connectivity index (χ0v) is 13.2. The summed E-state index contributed by atoms with van der Waals surface area (Å²) in [7, 11) is 0. The quantitative estimate of drug-likeness (QED) is 0.776. The van der Waals surface area contributed by atoms with Crippen LogP contribution in [0.15, 0.2) is 6.58 Å². The summed E-state index contributed by atoms with van der Waals surface area (Å²) in [5.74, 6) is 0.502. The van der Waals surface area contributed by atoms with E-state index in [1.54, 1.807) is 26.8 Å². The zero-order valence-electron chi connectivity index (χ0n) is 13.2. The number of hydrogen-bond acceptors (Lipinski definition) is 4. The summed E-state index contributed by atoms with van der Waals surface area (Å²) < 4.78 is 10.6. The van der Waals surface area contributed by atoms with E-state index >= 15 is 0 Å². The summed E-state index contributed by atoms with van der Waals surface area (Å²) in [5, 5.41) is 0. The minimum Gasteiger partial charge on any atom is -0.428 e. The van der Waals surface area contributed by atoms with Gasteiger partial charge in [-0.05, 0) is 41.0 Å². The predicted octanol–water partition coefficient (Wildman–Crippen LogP) is 4.22. The minimum atomic E-state index is -0.708. The standard InChI is InChI=1S/C16H23NO3/c1-8-12-10(3)17-11(4)13(9-2)14(12)19-15(18)20-16(5,6)7/h8H,1,9H2,2-7H3. The molecule has 0 unspecified atom stereocenters. The van der Waals surface area contributed by atoms with Gasteiger partial charge in [-0.1, -0.05) is 19.6 Å². The Bertz CT molecular complexity index is 528. The van der Waals surface area contributed by atoms with Gasteiger partial charge in [-0.25, -0.2) is 4.79 Å². The molecule has 0 spiro atoms. The SMILES string of the molecule is C=Cc1c(C)nc(C)c(CC)c1OC(=O)OC(C)(C)C. The fourth-order valence-electron chi connectivity index (χ4n) is 2.00. The van der Waals surface area contributed by atoms with Crippen molar-refractivity contribution >= 4 is 12.2 Å². The van der Waals surface area contributed by atoms with E-state index in [9.17, 15) is 4.79 Å². The number of rotatable bonds is 3. The summed E-state index contributed by atoms with van der Waals surface area (Å²) in [4.78, 5) is 16.3. The second-order valence-corrected chi connectivity index (χ2v) is 5.63. The van der Waals surface area contributed by atoms with Crippen LogP contribution in [0.4, 0.5) is 4.79 Å². The Morgan fingerprint density at radius 1 is 1.30 bits per heavy atom. The summed E-state index contributed by atoms with van der Waals surface area (Å²) in [5.41, 5.74) is 2.69. The lowest BCUT2D eigenvalue weighted by Gasteiger charge is -2.21. The Hall–Kier alpha value is -1.84. The summed E-state index contributed by atoms with van der Waals surface area (Å²) in [6, 6.07) is 0. The Labute approximate surface area is 120 Å². The summed E-state index contributed by atoms with van der Waals surface area (Å²) >= 11 is 0. The lowest BCUT2D eigenvalue weighted by atomic mass is 10.0. The van der Waals surface area contributed by atoms with Crippen molar-refractivity contribution in [3.05, 3.63) is 29.1 Å². The average molecular weight is 277 g/mol. The molecule has 110 valence electrons. The van der Waals surface area contributed by atoms with Crippen LogP contribution >= 0.6 is 0 Å². The fraction of sp³-hybridized carbons (Fsp3) is 0.500. The van der Waals surface area contributed by atoms with Gasteiger partial charge in [0.05, 0.1) is 0 Å². The molecular formula is C16H23NO3. The van der Waals surface area contributed by atoms with E-state index in [-0.39, 0.29) is 0 Å². The highest BCUT2D eigenvalue weighted by molar-refractivity contribution is 5.70. The average Bonchev–Trinajstić information content (AvgIpc) is 2.26. The van der Waals surface area contributed by atoms with Crippen LogP contribution in [0.25, 0.3) is 6.08 Å². The first-order chi connectivity index (χ1) is 9.19. The molecule has 0 amide bonds. The highest BCUT2D eigenvalue weighted by atomic mass is 16.7. The van der Waals surface area contributed by atoms with Crippen molar-refractivity contribution in [3.8, 4) is 5.75 Å². The van der Waals surface area contributed by atoms with Gasteiger partial charge in [-0.2, -0.15) is 0 Å². The molecule has 0 atom stereocenters. The van der Waals surface area contributed by atoms with Crippen LogP contribution in [0, 0.1) is 13.8 Å². The van der Waals surface area contributed by atoms with Crippen LogP contribution in [-0.2, 0) is 11.2 Å². The molecule has 0 saturated heterocycles. The van der Waals surface area contributed by atoms with Gasteiger partial charge in [0.25, 0.3) is 0 Å². The molecule has 4 heteroatoms. The van der Waals surface area contributed by atoms with Crippen LogP contribution in [0.2, 0.25) is 0 Å². The number of aryl methyl sites for hydroxylation is 2. The van der Waals surface area contributed by atoms with E-state index in [1.807, 2.05) is 20.8 Å². The molecule has 4 nitrogen and oxygen atoms in total. The van der Waals surface area contributed by atoms with Gasteiger partial charge in [-0.15, -0.1) is 0 Å². The fourth-order valence-corrected chi connectivity index (χ4v) is 2.00. The van der Waals surface area contributed by atoms with Crippen molar-refractivity contribution in [1.82, 2.24) is 4.98 Å². The third kappa shape index (κ3) is 3.83. The van der Waals surface area contributed by atoms with E-state index < -0.39 is 11.8 Å². The Balaban J connectivity index is 3.22. The molecule has 20 heavy (non-hydrogen) atoms. The van der Waals surface area contributed by atoms with Crippen molar-refractivity contribution in [2.75, 3.05) is 0 Å². The molecular weight excluding hydrogens is 254 g/mol. The molecule has 0 aliphatic carbocycles. The van der Waals surface area contributed by atoms with Gasteiger partial charge in [0, 0.05) is 22.5 Å². The van der Waals surface area contributed by atoms with Crippen LogP contribution in [0.1, 0.15) is 50.2 Å². The summed E-state index contributed by atoms with van der Waals surface area (Å²) in [6.07, 6.45) is 1.67. The van der Waals surface area contributed by atoms with Crippen molar-refractivity contribution in [3.63, 3.8) is 0 Å². The van der Waals surface area contributed by atoms with Gasteiger partial charge in [0.2, 0.25) is 0 Å².